The van der Waals surface area contributed by atoms with E-state index in [-0.39, 0.29) is 6.03 Å². The van der Waals surface area contributed by atoms with E-state index < -0.39 is 0 Å². The molecule has 1 fully saturated rings. The van der Waals surface area contributed by atoms with Crippen molar-refractivity contribution in [1.82, 2.24) is 9.80 Å². The van der Waals surface area contributed by atoms with Crippen LogP contribution in [0, 0.1) is 6.92 Å². The second-order valence-corrected chi connectivity index (χ2v) is 7.46. The molecule has 4 heteroatoms. The molecular weight excluding hydrogens is 322 g/mol. The summed E-state index contributed by atoms with van der Waals surface area (Å²) in [6, 6.07) is 16.8. The maximum Gasteiger partial charge on any atom is 0.321 e. The minimum atomic E-state index is -0.00231. The molecule has 0 aromatic heterocycles. The van der Waals surface area contributed by atoms with Gasteiger partial charge in [0.25, 0.3) is 0 Å². The van der Waals surface area contributed by atoms with Crippen LogP contribution in [0.5, 0.6) is 0 Å². The summed E-state index contributed by atoms with van der Waals surface area (Å²) < 4.78 is 0. The van der Waals surface area contributed by atoms with E-state index in [1.807, 2.05) is 17.0 Å². The van der Waals surface area contributed by atoms with E-state index in [9.17, 15) is 4.79 Å². The van der Waals surface area contributed by atoms with Gasteiger partial charge in [-0.15, -0.1) is 0 Å². The molecule has 3 rings (SSSR count). The number of anilines is 1. The van der Waals surface area contributed by atoms with Gasteiger partial charge in [0, 0.05) is 38.4 Å². The second-order valence-electron chi connectivity index (χ2n) is 7.46. The van der Waals surface area contributed by atoms with Crippen molar-refractivity contribution in [3.05, 3.63) is 65.2 Å². The molecule has 138 valence electrons. The Morgan fingerprint density at radius 1 is 1.04 bits per heavy atom. The number of amides is 2. The number of nitrogens with one attached hydrogen (secondary N) is 1. The summed E-state index contributed by atoms with van der Waals surface area (Å²) in [4.78, 5) is 16.8. The maximum absolute atomic E-state index is 12.5. The molecule has 2 aromatic rings. The topological polar surface area (TPSA) is 35.6 Å². The molecular formula is C22H29N3O. The van der Waals surface area contributed by atoms with Crippen LogP contribution in [0.3, 0.4) is 0 Å². The monoisotopic (exact) mass is 351 g/mol. The highest BCUT2D eigenvalue weighted by Gasteiger charge is 2.21. The zero-order chi connectivity index (χ0) is 18.5. The van der Waals surface area contributed by atoms with Crippen LogP contribution in [0.1, 0.15) is 36.5 Å². The van der Waals surface area contributed by atoms with Crippen LogP contribution in [0.25, 0.3) is 0 Å². The van der Waals surface area contributed by atoms with Crippen molar-refractivity contribution < 1.29 is 4.79 Å². The van der Waals surface area contributed by atoms with Crippen LogP contribution >= 0.6 is 0 Å². The largest absolute Gasteiger partial charge is 0.322 e. The van der Waals surface area contributed by atoms with Crippen LogP contribution < -0.4 is 5.32 Å². The number of hydrogen-bond acceptors (Lipinski definition) is 2. The van der Waals surface area contributed by atoms with Gasteiger partial charge in [0.2, 0.25) is 0 Å². The van der Waals surface area contributed by atoms with Crippen molar-refractivity contribution in [2.75, 3.05) is 31.5 Å². The highest BCUT2D eigenvalue weighted by molar-refractivity contribution is 5.89. The number of nitrogens with zero attached hydrogens (tertiary/aromatic N) is 2. The minimum absolute atomic E-state index is 0.00231. The summed E-state index contributed by atoms with van der Waals surface area (Å²) in [6.07, 6.45) is 0. The Labute approximate surface area is 156 Å². The number of aryl methyl sites for hydroxylation is 1. The molecule has 1 aliphatic rings. The fourth-order valence-corrected chi connectivity index (χ4v) is 3.33. The maximum atomic E-state index is 12.5. The Kier molecular flexibility index (Phi) is 5.94. The van der Waals surface area contributed by atoms with E-state index in [2.05, 4.69) is 67.4 Å². The van der Waals surface area contributed by atoms with Gasteiger partial charge in [-0.2, -0.15) is 0 Å². The number of carbonyl (C=O) groups excluding carboxylic acids is 1. The fraction of sp³-hybridized carbons (Fsp3) is 0.409. The third-order valence-electron chi connectivity index (χ3n) is 4.98. The first-order chi connectivity index (χ1) is 12.5. The van der Waals surface area contributed by atoms with Gasteiger partial charge < -0.3 is 10.2 Å². The van der Waals surface area contributed by atoms with Gasteiger partial charge in [0.05, 0.1) is 0 Å². The molecule has 0 spiro atoms. The molecule has 0 bridgehead atoms. The van der Waals surface area contributed by atoms with Gasteiger partial charge in [0.15, 0.2) is 0 Å². The number of carbonyl (C=O) groups is 1. The number of piperazine rings is 1. The molecule has 0 saturated carbocycles. The first kappa shape index (κ1) is 18.5. The summed E-state index contributed by atoms with van der Waals surface area (Å²) >= 11 is 0. The van der Waals surface area contributed by atoms with Crippen LogP contribution in [0.15, 0.2) is 48.5 Å². The van der Waals surface area contributed by atoms with Crippen LogP contribution in [0.2, 0.25) is 0 Å². The Morgan fingerprint density at radius 2 is 1.73 bits per heavy atom. The van der Waals surface area contributed by atoms with Gasteiger partial charge in [-0.05, 0) is 36.1 Å². The van der Waals surface area contributed by atoms with E-state index >= 15 is 0 Å². The number of urea groups is 1. The third-order valence-corrected chi connectivity index (χ3v) is 4.98. The molecule has 0 radical (unpaired) electrons. The lowest BCUT2D eigenvalue weighted by atomic mass is 10.0. The molecule has 1 saturated heterocycles. The van der Waals surface area contributed by atoms with Crippen molar-refractivity contribution in [2.24, 2.45) is 0 Å². The second kappa shape index (κ2) is 8.37. The third kappa shape index (κ3) is 4.85. The average molecular weight is 351 g/mol. The van der Waals surface area contributed by atoms with Crippen molar-refractivity contribution in [1.29, 1.82) is 0 Å². The normalized spacial score (nSPS) is 15.3. The van der Waals surface area contributed by atoms with E-state index in [0.717, 1.165) is 38.4 Å². The quantitative estimate of drug-likeness (QED) is 0.882. The van der Waals surface area contributed by atoms with Crippen molar-refractivity contribution in [3.63, 3.8) is 0 Å². The molecule has 2 aromatic carbocycles. The zero-order valence-electron chi connectivity index (χ0n) is 16.0. The van der Waals surface area contributed by atoms with E-state index in [0.29, 0.717) is 5.92 Å². The summed E-state index contributed by atoms with van der Waals surface area (Å²) in [6.45, 7) is 10.8. The standard InChI is InChI=1S/C22H29N3O/c1-17(2)20-7-9-21(10-8-20)23-22(26)25-13-11-24(12-14-25)16-19-6-4-5-18(3)15-19/h4-10,15,17H,11-14,16H2,1-3H3,(H,23,26). The van der Waals surface area contributed by atoms with Crippen LogP contribution in [-0.4, -0.2) is 42.0 Å². The van der Waals surface area contributed by atoms with Gasteiger partial charge in [-0.3, -0.25) is 4.90 Å². The summed E-state index contributed by atoms with van der Waals surface area (Å²) in [7, 11) is 0. The molecule has 1 heterocycles. The van der Waals surface area contributed by atoms with Gasteiger partial charge in [-0.1, -0.05) is 55.8 Å². The van der Waals surface area contributed by atoms with Crippen molar-refractivity contribution in [3.8, 4) is 0 Å². The predicted molar refractivity (Wildman–Crippen MR) is 108 cm³/mol. The summed E-state index contributed by atoms with van der Waals surface area (Å²) in [5.74, 6) is 0.501. The van der Waals surface area contributed by atoms with Crippen molar-refractivity contribution >= 4 is 11.7 Å². The van der Waals surface area contributed by atoms with Crippen molar-refractivity contribution in [2.45, 2.75) is 33.2 Å². The molecule has 2 amide bonds. The Balaban J connectivity index is 1.48. The predicted octanol–water partition coefficient (Wildman–Crippen LogP) is 4.47. The number of hydrogen-bond donors (Lipinski definition) is 1. The van der Waals surface area contributed by atoms with Crippen LogP contribution in [0.4, 0.5) is 10.5 Å². The first-order valence-corrected chi connectivity index (χ1v) is 9.45. The van der Waals surface area contributed by atoms with Crippen LogP contribution in [-0.2, 0) is 6.54 Å². The van der Waals surface area contributed by atoms with Gasteiger partial charge in [0.1, 0.15) is 0 Å². The van der Waals surface area contributed by atoms with E-state index in [1.54, 1.807) is 0 Å². The summed E-state index contributed by atoms with van der Waals surface area (Å²) in [5, 5.41) is 3.02. The lowest BCUT2D eigenvalue weighted by molar-refractivity contribution is 0.143. The fourth-order valence-electron chi connectivity index (χ4n) is 3.33. The molecule has 4 nitrogen and oxygen atoms in total. The molecule has 0 unspecified atom stereocenters. The highest BCUT2D eigenvalue weighted by atomic mass is 16.2. The average Bonchev–Trinajstić information content (AvgIpc) is 2.63. The number of benzene rings is 2. The molecule has 1 N–H and O–H groups in total. The van der Waals surface area contributed by atoms with Gasteiger partial charge >= 0.3 is 6.03 Å². The Hall–Kier alpha value is -2.33. The summed E-state index contributed by atoms with van der Waals surface area (Å²) in [5.41, 5.74) is 4.78. The van der Waals surface area contributed by atoms with E-state index in [4.69, 9.17) is 0 Å². The van der Waals surface area contributed by atoms with Gasteiger partial charge in [-0.25, -0.2) is 4.79 Å². The smallest absolute Gasteiger partial charge is 0.321 e. The van der Waals surface area contributed by atoms with E-state index in [1.165, 1.54) is 16.7 Å². The SMILES string of the molecule is Cc1cccc(CN2CCN(C(=O)Nc3ccc(C(C)C)cc3)CC2)c1. The Morgan fingerprint density at radius 3 is 2.35 bits per heavy atom. The zero-order valence-corrected chi connectivity index (χ0v) is 16.0. The highest BCUT2D eigenvalue weighted by Crippen LogP contribution is 2.18. The Bertz CT molecular complexity index is 731. The molecule has 26 heavy (non-hydrogen) atoms. The number of rotatable bonds is 4. The lowest BCUT2D eigenvalue weighted by Crippen LogP contribution is -2.49. The molecule has 0 atom stereocenters. The molecule has 1 aliphatic heterocycles. The first-order valence-electron chi connectivity index (χ1n) is 9.45. The molecule has 0 aliphatic carbocycles. The lowest BCUT2D eigenvalue weighted by Gasteiger charge is -2.34. The minimum Gasteiger partial charge on any atom is -0.322 e.